The summed E-state index contributed by atoms with van der Waals surface area (Å²) in [5, 5.41) is 23.5. The van der Waals surface area contributed by atoms with Crippen LogP contribution in [0.2, 0.25) is 0 Å². The van der Waals surface area contributed by atoms with Gasteiger partial charge in [0.2, 0.25) is 0 Å². The minimum atomic E-state index is -5.08. The normalized spacial score (nSPS) is 17.6. The van der Waals surface area contributed by atoms with Crippen molar-refractivity contribution in [3.05, 3.63) is 39.8 Å². The van der Waals surface area contributed by atoms with Gasteiger partial charge in [0.1, 0.15) is 0 Å². The van der Waals surface area contributed by atoms with E-state index in [1.165, 1.54) is 29.7 Å². The molecule has 208 valence electrons. The first-order chi connectivity index (χ1) is 17.2. The van der Waals surface area contributed by atoms with Gasteiger partial charge < -0.3 is 14.9 Å². The molecule has 2 aliphatic rings. The van der Waals surface area contributed by atoms with Crippen molar-refractivity contribution in [3.8, 4) is 0 Å². The Kier molecular flexibility index (Phi) is 10.9. The summed E-state index contributed by atoms with van der Waals surface area (Å²) < 4.78 is 71.6. The van der Waals surface area contributed by atoms with E-state index in [1.54, 1.807) is 11.3 Å². The van der Waals surface area contributed by atoms with E-state index < -0.39 is 24.3 Å². The van der Waals surface area contributed by atoms with Crippen molar-refractivity contribution in [1.29, 1.82) is 0 Å². The molecule has 1 aliphatic carbocycles. The average molecular weight is 560 g/mol. The Bertz CT molecular complexity index is 982. The monoisotopic (exact) mass is 559 g/mol. The highest BCUT2D eigenvalue weighted by Gasteiger charge is 2.39. The Morgan fingerprint density at radius 2 is 1.70 bits per heavy atom. The molecule has 0 aromatic carbocycles. The average Bonchev–Trinajstić information content (AvgIpc) is 3.29. The van der Waals surface area contributed by atoms with Gasteiger partial charge in [0.15, 0.2) is 0 Å². The summed E-state index contributed by atoms with van der Waals surface area (Å²) in [5.41, 5.74) is 4.07. The molecule has 1 unspecified atom stereocenters. The zero-order chi connectivity index (χ0) is 27.8. The molecule has 0 amide bonds. The maximum atomic E-state index is 10.6. The summed E-state index contributed by atoms with van der Waals surface area (Å²) >= 11 is 1.78. The van der Waals surface area contributed by atoms with Gasteiger partial charge in [-0.2, -0.15) is 42.8 Å². The van der Waals surface area contributed by atoms with Crippen molar-refractivity contribution < 1.29 is 50.9 Å². The highest BCUT2D eigenvalue weighted by Crippen LogP contribution is 2.31. The first-order valence-corrected chi connectivity index (χ1v) is 12.1. The van der Waals surface area contributed by atoms with E-state index in [-0.39, 0.29) is 0 Å². The summed E-state index contributed by atoms with van der Waals surface area (Å²) in [4.78, 5) is 20.3. The van der Waals surface area contributed by atoms with Crippen LogP contribution < -0.4 is 0 Å². The number of ether oxygens (including phenoxy) is 1. The summed E-state index contributed by atoms with van der Waals surface area (Å²) in [6, 6.07) is 2.23. The largest absolute Gasteiger partial charge is 0.490 e. The Hall–Kier alpha value is -2.65. The summed E-state index contributed by atoms with van der Waals surface area (Å²) in [6.45, 7) is 7.92. The molecule has 0 saturated heterocycles. The highest BCUT2D eigenvalue weighted by atomic mass is 32.1. The number of nitrogens with zero attached hydrogens (tertiary/aromatic N) is 3. The molecular weight excluding hydrogens is 532 g/mol. The number of hydrogen-bond acceptors (Lipinski definition) is 6. The number of carboxylic acids is 2. The topological polar surface area (TPSA) is 105 Å². The molecule has 15 heteroatoms. The van der Waals surface area contributed by atoms with Crippen molar-refractivity contribution in [2.24, 2.45) is 5.92 Å². The van der Waals surface area contributed by atoms with E-state index in [0.29, 0.717) is 5.92 Å². The summed E-state index contributed by atoms with van der Waals surface area (Å²) in [5.74, 6) is -4.28. The lowest BCUT2D eigenvalue weighted by molar-refractivity contribution is -0.193. The third kappa shape index (κ3) is 10.7. The molecule has 0 spiro atoms. The van der Waals surface area contributed by atoms with Crippen LogP contribution in [0.3, 0.4) is 0 Å². The third-order valence-electron chi connectivity index (χ3n) is 5.29. The zero-order valence-electron chi connectivity index (χ0n) is 19.8. The molecule has 2 N–H and O–H groups in total. The number of aliphatic carboxylic acids is 2. The maximum absolute atomic E-state index is 10.6. The van der Waals surface area contributed by atoms with Crippen LogP contribution in [0.5, 0.6) is 0 Å². The van der Waals surface area contributed by atoms with Gasteiger partial charge in [0.25, 0.3) is 0 Å². The standard InChI is InChI=1S/C18H25N3OS.2C2HF3O2/c1-2-21-10-16-8-20(7-15-5-6-23-13-15)9-17(18(16)19-21)12-22-11-14-3-4-14;2*3-2(4,5)1(6)7/h5-6,10,13-14,17H,2-4,7-9,11-12H2,1H3;2*(H,6,7). The molecule has 2 aromatic rings. The quantitative estimate of drug-likeness (QED) is 0.472. The van der Waals surface area contributed by atoms with Crippen LogP contribution in [0.15, 0.2) is 23.0 Å². The Morgan fingerprint density at radius 3 is 2.16 bits per heavy atom. The van der Waals surface area contributed by atoms with Gasteiger partial charge >= 0.3 is 24.3 Å². The van der Waals surface area contributed by atoms with Gasteiger partial charge in [0, 0.05) is 50.5 Å². The number of carbonyl (C=O) groups is 2. The predicted molar refractivity (Wildman–Crippen MR) is 120 cm³/mol. The van der Waals surface area contributed by atoms with Crippen molar-refractivity contribution in [2.45, 2.75) is 57.7 Å². The Morgan fingerprint density at radius 1 is 1.11 bits per heavy atom. The molecule has 1 fully saturated rings. The minimum Gasteiger partial charge on any atom is -0.475 e. The molecule has 37 heavy (non-hydrogen) atoms. The SMILES string of the molecule is CCn1cc2c(n1)C(COCC1CC1)CN(Cc1ccsc1)C2.O=C(O)C(F)(F)F.O=C(O)C(F)(F)F. The maximum Gasteiger partial charge on any atom is 0.490 e. The van der Waals surface area contributed by atoms with Gasteiger partial charge in [-0.05, 0) is 48.1 Å². The third-order valence-corrected chi connectivity index (χ3v) is 6.03. The number of hydrogen-bond donors (Lipinski definition) is 2. The Balaban J connectivity index is 0.000000286. The number of rotatable bonds is 7. The molecular formula is C22H27F6N3O5S. The van der Waals surface area contributed by atoms with Gasteiger partial charge in [-0.25, -0.2) is 9.59 Å². The van der Waals surface area contributed by atoms with E-state index in [1.807, 2.05) is 0 Å². The fourth-order valence-electron chi connectivity index (χ4n) is 3.36. The number of aryl methyl sites for hydroxylation is 1. The smallest absolute Gasteiger partial charge is 0.475 e. The van der Waals surface area contributed by atoms with E-state index in [4.69, 9.17) is 29.6 Å². The van der Waals surface area contributed by atoms with Crippen LogP contribution >= 0.6 is 11.3 Å². The van der Waals surface area contributed by atoms with Gasteiger partial charge in [-0.1, -0.05) is 0 Å². The van der Waals surface area contributed by atoms with Crippen LogP contribution in [-0.2, 0) is 34.0 Å². The molecule has 4 rings (SSSR count). The van der Waals surface area contributed by atoms with Crippen molar-refractivity contribution >= 4 is 23.3 Å². The Labute approximate surface area is 212 Å². The van der Waals surface area contributed by atoms with Crippen LogP contribution in [0, 0.1) is 5.92 Å². The molecule has 2 aromatic heterocycles. The van der Waals surface area contributed by atoms with Crippen molar-refractivity contribution in [1.82, 2.24) is 14.7 Å². The van der Waals surface area contributed by atoms with Gasteiger partial charge in [-0.15, -0.1) is 0 Å². The number of carboxylic acid groups (broad SMARTS) is 2. The zero-order valence-corrected chi connectivity index (χ0v) is 20.6. The lowest BCUT2D eigenvalue weighted by Gasteiger charge is -2.31. The number of fused-ring (bicyclic) bond motifs is 1. The summed E-state index contributed by atoms with van der Waals surface area (Å²) in [6.07, 6.45) is -5.24. The molecule has 0 radical (unpaired) electrons. The molecule has 1 aliphatic heterocycles. The second-order valence-electron chi connectivity index (χ2n) is 8.48. The van der Waals surface area contributed by atoms with E-state index in [0.717, 1.165) is 45.3 Å². The fraction of sp³-hybridized carbons (Fsp3) is 0.591. The predicted octanol–water partition coefficient (Wildman–Crippen LogP) is 4.76. The van der Waals surface area contributed by atoms with Crippen molar-refractivity contribution in [2.75, 3.05) is 19.8 Å². The number of thiophene rings is 1. The first kappa shape index (κ1) is 30.6. The van der Waals surface area contributed by atoms with Crippen molar-refractivity contribution in [3.63, 3.8) is 0 Å². The summed E-state index contributed by atoms with van der Waals surface area (Å²) in [7, 11) is 0. The molecule has 1 saturated carbocycles. The minimum absolute atomic E-state index is 0.406. The molecule has 0 bridgehead atoms. The van der Waals surface area contributed by atoms with Crippen LogP contribution in [0.25, 0.3) is 0 Å². The lowest BCUT2D eigenvalue weighted by Crippen LogP contribution is -2.34. The fourth-order valence-corrected chi connectivity index (χ4v) is 4.02. The van der Waals surface area contributed by atoms with Crippen LogP contribution in [0.4, 0.5) is 26.3 Å². The number of halogens is 6. The second kappa shape index (κ2) is 13.2. The second-order valence-corrected chi connectivity index (χ2v) is 9.26. The van der Waals surface area contributed by atoms with Gasteiger partial charge in [0.05, 0.1) is 12.3 Å². The molecule has 3 heterocycles. The van der Waals surface area contributed by atoms with E-state index in [2.05, 4.69) is 39.5 Å². The van der Waals surface area contributed by atoms with E-state index in [9.17, 15) is 26.3 Å². The molecule has 1 atom stereocenters. The van der Waals surface area contributed by atoms with Crippen LogP contribution in [0.1, 0.15) is 42.5 Å². The number of aromatic nitrogens is 2. The van der Waals surface area contributed by atoms with E-state index >= 15 is 0 Å². The molecule has 8 nitrogen and oxygen atoms in total. The lowest BCUT2D eigenvalue weighted by atomic mass is 9.97. The first-order valence-electron chi connectivity index (χ1n) is 11.2. The van der Waals surface area contributed by atoms with Gasteiger partial charge in [-0.3, -0.25) is 9.58 Å². The highest BCUT2D eigenvalue weighted by molar-refractivity contribution is 7.07. The number of alkyl halides is 6. The van der Waals surface area contributed by atoms with Crippen LogP contribution in [-0.4, -0.2) is 68.9 Å².